The number of morpholine rings is 1. The van der Waals surface area contributed by atoms with E-state index in [1.165, 1.54) is 11.8 Å². The summed E-state index contributed by atoms with van der Waals surface area (Å²) in [7, 11) is 0. The van der Waals surface area contributed by atoms with Crippen LogP contribution in [-0.4, -0.2) is 35.4 Å². The third-order valence-electron chi connectivity index (χ3n) is 4.46. The summed E-state index contributed by atoms with van der Waals surface area (Å²) in [6.07, 6.45) is 2.39. The van der Waals surface area contributed by atoms with E-state index in [4.69, 9.17) is 33.3 Å². The van der Waals surface area contributed by atoms with E-state index in [-0.39, 0.29) is 24.5 Å². The Kier molecular flexibility index (Phi) is 6.38. The first-order valence-corrected chi connectivity index (χ1v) is 10.7. The molecular formula is C21H17ClN2O4S2. The van der Waals surface area contributed by atoms with Crippen LogP contribution in [0.25, 0.3) is 6.08 Å². The van der Waals surface area contributed by atoms with Crippen molar-refractivity contribution in [3.05, 3.63) is 63.5 Å². The first-order valence-electron chi connectivity index (χ1n) is 9.14. The van der Waals surface area contributed by atoms with Crippen LogP contribution in [0.1, 0.15) is 11.1 Å². The van der Waals surface area contributed by atoms with Crippen molar-refractivity contribution in [2.45, 2.75) is 12.5 Å². The number of ether oxygens (including phenoxy) is 2. The van der Waals surface area contributed by atoms with Gasteiger partial charge in [-0.3, -0.25) is 9.59 Å². The van der Waals surface area contributed by atoms with Crippen molar-refractivity contribution >= 4 is 57.8 Å². The molecular weight excluding hydrogens is 444 g/mol. The van der Waals surface area contributed by atoms with Crippen LogP contribution in [0.4, 0.5) is 0 Å². The van der Waals surface area contributed by atoms with Crippen LogP contribution in [0.5, 0.6) is 11.5 Å². The molecule has 2 N–H and O–H groups in total. The highest BCUT2D eigenvalue weighted by Gasteiger charge is 2.22. The van der Waals surface area contributed by atoms with E-state index in [0.717, 1.165) is 5.56 Å². The molecule has 9 heteroatoms. The zero-order valence-corrected chi connectivity index (χ0v) is 18.0. The molecule has 154 valence electrons. The lowest BCUT2D eigenvalue weighted by Gasteiger charge is -2.23. The predicted octanol–water partition coefficient (Wildman–Crippen LogP) is 3.68. The maximum Gasteiger partial charge on any atom is 0.263 e. The first kappa shape index (κ1) is 20.9. The number of amides is 2. The quantitative estimate of drug-likeness (QED) is 0.523. The van der Waals surface area contributed by atoms with Gasteiger partial charge in [-0.1, -0.05) is 47.7 Å². The smallest absolute Gasteiger partial charge is 0.263 e. The van der Waals surface area contributed by atoms with Gasteiger partial charge in [-0.05, 0) is 54.0 Å². The number of thioether (sulfide) groups is 1. The number of carbonyl (C=O) groups excluding carboxylic acids is 2. The Morgan fingerprint density at radius 2 is 1.97 bits per heavy atom. The van der Waals surface area contributed by atoms with E-state index in [2.05, 4.69) is 10.6 Å². The fourth-order valence-corrected chi connectivity index (χ4v) is 4.34. The summed E-state index contributed by atoms with van der Waals surface area (Å²) in [5.41, 5.74) is 1.78. The SMILES string of the molecule is O=C1COCC(Cc2ccc(Oc3ccc(/C=C4\SC(=S)NC4=O)c(Cl)c3)cc2)N1. The second kappa shape index (κ2) is 9.18. The Morgan fingerprint density at radius 3 is 2.63 bits per heavy atom. The molecule has 2 saturated heterocycles. The van der Waals surface area contributed by atoms with Gasteiger partial charge in [0.2, 0.25) is 5.91 Å². The minimum Gasteiger partial charge on any atom is -0.457 e. The van der Waals surface area contributed by atoms with Crippen LogP contribution in [0, 0.1) is 0 Å². The molecule has 0 saturated carbocycles. The van der Waals surface area contributed by atoms with Crippen molar-refractivity contribution in [1.29, 1.82) is 0 Å². The molecule has 2 aliphatic heterocycles. The lowest BCUT2D eigenvalue weighted by atomic mass is 10.1. The molecule has 0 bridgehead atoms. The molecule has 2 aromatic carbocycles. The van der Waals surface area contributed by atoms with Gasteiger partial charge in [0.1, 0.15) is 22.4 Å². The van der Waals surface area contributed by atoms with E-state index < -0.39 is 0 Å². The maximum atomic E-state index is 11.8. The molecule has 4 rings (SSSR count). The van der Waals surface area contributed by atoms with Crippen LogP contribution >= 0.6 is 35.6 Å². The van der Waals surface area contributed by atoms with Crippen LogP contribution < -0.4 is 15.4 Å². The van der Waals surface area contributed by atoms with Gasteiger partial charge >= 0.3 is 0 Å². The topological polar surface area (TPSA) is 76.7 Å². The number of hydrogen-bond acceptors (Lipinski definition) is 6. The molecule has 0 spiro atoms. The molecule has 30 heavy (non-hydrogen) atoms. The average Bonchev–Trinajstić information content (AvgIpc) is 3.02. The third kappa shape index (κ3) is 5.20. The summed E-state index contributed by atoms with van der Waals surface area (Å²) < 4.78 is 11.6. The third-order valence-corrected chi connectivity index (χ3v) is 5.95. The Morgan fingerprint density at radius 1 is 1.20 bits per heavy atom. The van der Waals surface area contributed by atoms with Crippen molar-refractivity contribution in [3.63, 3.8) is 0 Å². The molecule has 6 nitrogen and oxygen atoms in total. The monoisotopic (exact) mass is 460 g/mol. The minimum atomic E-state index is -0.221. The molecule has 2 aliphatic rings. The Balaban J connectivity index is 1.40. The molecule has 1 atom stereocenters. The molecule has 0 aliphatic carbocycles. The number of rotatable bonds is 5. The molecule has 1 unspecified atom stereocenters. The van der Waals surface area contributed by atoms with E-state index in [1.807, 2.05) is 24.3 Å². The maximum absolute atomic E-state index is 11.8. The van der Waals surface area contributed by atoms with Gasteiger partial charge in [-0.15, -0.1) is 0 Å². The Labute approximate surface area is 188 Å². The van der Waals surface area contributed by atoms with Crippen molar-refractivity contribution in [1.82, 2.24) is 10.6 Å². The molecule has 0 aromatic heterocycles. The second-order valence-corrected chi connectivity index (χ2v) is 8.89. The Bertz CT molecular complexity index is 1040. The van der Waals surface area contributed by atoms with Crippen molar-refractivity contribution in [2.75, 3.05) is 13.2 Å². The fraction of sp³-hybridized carbons (Fsp3) is 0.190. The number of halogens is 1. The molecule has 0 radical (unpaired) electrons. The fourth-order valence-electron chi connectivity index (χ4n) is 3.08. The Hall–Kier alpha value is -2.39. The predicted molar refractivity (Wildman–Crippen MR) is 121 cm³/mol. The van der Waals surface area contributed by atoms with Crippen LogP contribution in [0.2, 0.25) is 5.02 Å². The van der Waals surface area contributed by atoms with Gasteiger partial charge in [0, 0.05) is 0 Å². The molecule has 2 fully saturated rings. The largest absolute Gasteiger partial charge is 0.457 e. The summed E-state index contributed by atoms with van der Waals surface area (Å²) >= 11 is 12.6. The lowest BCUT2D eigenvalue weighted by Crippen LogP contribution is -2.46. The van der Waals surface area contributed by atoms with Gasteiger partial charge < -0.3 is 20.1 Å². The summed E-state index contributed by atoms with van der Waals surface area (Å²) in [6, 6.07) is 12.9. The van der Waals surface area contributed by atoms with Gasteiger partial charge in [0.05, 0.1) is 22.6 Å². The van der Waals surface area contributed by atoms with E-state index in [9.17, 15) is 9.59 Å². The number of hydrogen-bond donors (Lipinski definition) is 2. The zero-order chi connectivity index (χ0) is 21.1. The van der Waals surface area contributed by atoms with E-state index in [0.29, 0.717) is 44.3 Å². The average molecular weight is 461 g/mol. The minimum absolute atomic E-state index is 0.0204. The van der Waals surface area contributed by atoms with Crippen molar-refractivity contribution in [3.8, 4) is 11.5 Å². The highest BCUT2D eigenvalue weighted by molar-refractivity contribution is 8.26. The number of thiocarbonyl (C=S) groups is 1. The highest BCUT2D eigenvalue weighted by atomic mass is 35.5. The van der Waals surface area contributed by atoms with Crippen LogP contribution in [0.15, 0.2) is 47.4 Å². The number of carbonyl (C=O) groups is 2. The molecule has 2 heterocycles. The summed E-state index contributed by atoms with van der Waals surface area (Å²) in [5.74, 6) is 0.945. The van der Waals surface area contributed by atoms with Gasteiger partial charge in [-0.2, -0.15) is 0 Å². The summed E-state index contributed by atoms with van der Waals surface area (Å²) in [6.45, 7) is 0.637. The lowest BCUT2D eigenvalue weighted by molar-refractivity contribution is -0.131. The number of nitrogens with one attached hydrogen (secondary N) is 2. The van der Waals surface area contributed by atoms with Crippen LogP contribution in [0.3, 0.4) is 0 Å². The zero-order valence-electron chi connectivity index (χ0n) is 15.6. The van der Waals surface area contributed by atoms with Gasteiger partial charge in [0.15, 0.2) is 0 Å². The summed E-state index contributed by atoms with van der Waals surface area (Å²) in [4.78, 5) is 23.7. The standard InChI is InChI=1S/C21H17ClN2O4S2/c22-17-9-16(6-3-13(17)8-18-20(26)24-21(29)30-18)28-15-4-1-12(2-5-15)7-14-10-27-11-19(25)23-14/h1-6,8-9,14H,7,10-11H2,(H,23,25)(H,24,26,29)/b18-8-. The van der Waals surface area contributed by atoms with Crippen molar-refractivity contribution in [2.24, 2.45) is 0 Å². The van der Waals surface area contributed by atoms with E-state index >= 15 is 0 Å². The highest BCUT2D eigenvalue weighted by Crippen LogP contribution is 2.31. The first-order chi connectivity index (χ1) is 14.5. The van der Waals surface area contributed by atoms with Gasteiger partial charge in [-0.25, -0.2) is 0 Å². The van der Waals surface area contributed by atoms with Crippen molar-refractivity contribution < 1.29 is 19.1 Å². The van der Waals surface area contributed by atoms with E-state index in [1.54, 1.807) is 24.3 Å². The molecule has 2 aromatic rings. The normalized spacial score (nSPS) is 20.2. The summed E-state index contributed by atoms with van der Waals surface area (Å²) in [5, 5.41) is 5.96. The van der Waals surface area contributed by atoms with Crippen LogP contribution in [-0.2, 0) is 20.7 Å². The molecule has 2 amide bonds. The number of benzene rings is 2. The second-order valence-electron chi connectivity index (χ2n) is 6.77. The van der Waals surface area contributed by atoms with Gasteiger partial charge in [0.25, 0.3) is 5.91 Å².